The molecule has 0 saturated heterocycles. The second-order valence-corrected chi connectivity index (χ2v) is 4.83. The first kappa shape index (κ1) is 13.0. The lowest BCUT2D eigenvalue weighted by Gasteiger charge is -1.94. The van der Waals surface area contributed by atoms with E-state index in [-0.39, 0.29) is 0 Å². The number of allylic oxidation sites excluding steroid dienone is 5. The molecule has 1 heterocycles. The van der Waals surface area contributed by atoms with Gasteiger partial charge >= 0.3 is 0 Å². The average molecular weight is 232 g/mol. The van der Waals surface area contributed by atoms with Gasteiger partial charge < -0.3 is 0 Å². The maximum absolute atomic E-state index is 4.09. The zero-order chi connectivity index (χ0) is 12.0. The molecular weight excluding hydrogens is 212 g/mol. The number of rotatable bonds is 5. The van der Waals surface area contributed by atoms with E-state index in [1.54, 1.807) is 11.3 Å². The molecule has 0 N–H and O–H groups in total. The first-order chi connectivity index (χ1) is 7.67. The third-order valence-corrected chi connectivity index (χ3v) is 3.67. The smallest absolute Gasteiger partial charge is 0.0339 e. The monoisotopic (exact) mass is 232 g/mol. The van der Waals surface area contributed by atoms with Crippen LogP contribution in [0.25, 0.3) is 5.57 Å². The molecule has 0 fully saturated rings. The Kier molecular flexibility index (Phi) is 5.27. The van der Waals surface area contributed by atoms with E-state index in [9.17, 15) is 0 Å². The predicted molar refractivity (Wildman–Crippen MR) is 75.9 cm³/mol. The van der Waals surface area contributed by atoms with Gasteiger partial charge in [-0.05, 0) is 42.3 Å². The van der Waals surface area contributed by atoms with Gasteiger partial charge in [-0.2, -0.15) is 0 Å². The Bertz CT molecular complexity index is 405. The van der Waals surface area contributed by atoms with Gasteiger partial charge in [-0.1, -0.05) is 44.2 Å². The summed E-state index contributed by atoms with van der Waals surface area (Å²) < 4.78 is 0. The molecule has 16 heavy (non-hydrogen) atoms. The highest BCUT2D eigenvalue weighted by Gasteiger charge is 1.99. The molecule has 0 aliphatic rings. The van der Waals surface area contributed by atoms with Crippen LogP contribution in [0.15, 0.2) is 41.8 Å². The molecule has 0 bridgehead atoms. The first-order valence-corrected chi connectivity index (χ1v) is 6.65. The summed E-state index contributed by atoms with van der Waals surface area (Å²) in [6.07, 6.45) is 8.54. The van der Waals surface area contributed by atoms with Crippen LogP contribution < -0.4 is 0 Å². The third kappa shape index (κ3) is 3.82. The highest BCUT2D eigenvalue weighted by Crippen LogP contribution is 2.23. The van der Waals surface area contributed by atoms with Crippen molar-refractivity contribution in [1.29, 1.82) is 0 Å². The quantitative estimate of drug-likeness (QED) is 0.609. The van der Waals surface area contributed by atoms with E-state index in [1.165, 1.54) is 16.0 Å². The van der Waals surface area contributed by atoms with Gasteiger partial charge in [0, 0.05) is 4.88 Å². The van der Waals surface area contributed by atoms with Gasteiger partial charge in [-0.3, -0.25) is 0 Å². The zero-order valence-corrected chi connectivity index (χ0v) is 11.2. The van der Waals surface area contributed by atoms with Crippen LogP contribution in [0.2, 0.25) is 0 Å². The summed E-state index contributed by atoms with van der Waals surface area (Å²) in [5, 5.41) is 2.21. The molecule has 0 spiro atoms. The maximum Gasteiger partial charge on any atom is 0.0339 e. The SMILES string of the molecule is C=C(/C=C\C=C(\C)CC)c1cc(CC)cs1. The molecule has 0 nitrogen and oxygen atoms in total. The molecule has 0 saturated carbocycles. The number of aryl methyl sites for hydroxylation is 1. The molecule has 1 heteroatoms. The van der Waals surface area contributed by atoms with E-state index in [0.29, 0.717) is 0 Å². The second-order valence-electron chi connectivity index (χ2n) is 3.92. The minimum atomic E-state index is 1.10. The third-order valence-electron chi connectivity index (χ3n) is 2.61. The lowest BCUT2D eigenvalue weighted by Crippen LogP contribution is -1.73. The molecule has 0 aliphatic carbocycles. The zero-order valence-electron chi connectivity index (χ0n) is 10.4. The lowest BCUT2D eigenvalue weighted by molar-refractivity contribution is 1.10. The topological polar surface area (TPSA) is 0 Å². The van der Waals surface area contributed by atoms with Crippen LogP contribution in [-0.4, -0.2) is 0 Å². The van der Waals surface area contributed by atoms with Gasteiger partial charge in [0.2, 0.25) is 0 Å². The van der Waals surface area contributed by atoms with E-state index >= 15 is 0 Å². The Morgan fingerprint density at radius 1 is 1.44 bits per heavy atom. The summed E-state index contributed by atoms with van der Waals surface area (Å²) in [5.74, 6) is 0. The van der Waals surface area contributed by atoms with Crippen LogP contribution in [0.4, 0.5) is 0 Å². The fourth-order valence-electron chi connectivity index (χ4n) is 1.26. The van der Waals surface area contributed by atoms with E-state index in [2.05, 4.69) is 57.0 Å². The van der Waals surface area contributed by atoms with Crippen LogP contribution in [0.5, 0.6) is 0 Å². The van der Waals surface area contributed by atoms with E-state index < -0.39 is 0 Å². The minimum absolute atomic E-state index is 1.10. The van der Waals surface area contributed by atoms with Gasteiger partial charge in [-0.25, -0.2) is 0 Å². The average Bonchev–Trinajstić information content (AvgIpc) is 2.77. The largest absolute Gasteiger partial charge is 0.144 e. The Labute approximate surface area is 103 Å². The number of hydrogen-bond donors (Lipinski definition) is 0. The molecule has 0 amide bonds. The summed E-state index contributed by atoms with van der Waals surface area (Å²) in [4.78, 5) is 1.27. The molecule has 1 aromatic heterocycles. The van der Waals surface area contributed by atoms with Crippen molar-refractivity contribution in [2.45, 2.75) is 33.6 Å². The van der Waals surface area contributed by atoms with Crippen LogP contribution in [-0.2, 0) is 6.42 Å². The Balaban J connectivity index is 2.65. The molecular formula is C15H20S. The number of thiophene rings is 1. The Morgan fingerprint density at radius 3 is 2.75 bits per heavy atom. The maximum atomic E-state index is 4.09. The van der Waals surface area contributed by atoms with E-state index in [0.717, 1.165) is 18.4 Å². The lowest BCUT2D eigenvalue weighted by atomic mass is 10.1. The standard InChI is InChI=1S/C15H20S/c1-5-12(3)8-7-9-13(4)15-10-14(6-2)11-16-15/h7-11H,4-6H2,1-3H3/b9-7-,12-8-. The molecule has 1 rings (SSSR count). The highest BCUT2D eigenvalue weighted by molar-refractivity contribution is 7.11. The molecule has 0 atom stereocenters. The highest BCUT2D eigenvalue weighted by atomic mass is 32.1. The second kappa shape index (κ2) is 6.49. The van der Waals surface area contributed by atoms with Crippen molar-refractivity contribution in [2.24, 2.45) is 0 Å². The minimum Gasteiger partial charge on any atom is -0.144 e. The van der Waals surface area contributed by atoms with Crippen LogP contribution >= 0.6 is 11.3 Å². The number of hydrogen-bond acceptors (Lipinski definition) is 1. The van der Waals surface area contributed by atoms with Crippen LogP contribution in [0.1, 0.15) is 37.6 Å². The Morgan fingerprint density at radius 2 is 2.19 bits per heavy atom. The van der Waals surface area contributed by atoms with E-state index in [4.69, 9.17) is 0 Å². The van der Waals surface area contributed by atoms with Crippen molar-refractivity contribution in [2.75, 3.05) is 0 Å². The molecule has 86 valence electrons. The van der Waals surface area contributed by atoms with Gasteiger partial charge in [0.25, 0.3) is 0 Å². The molecule has 0 unspecified atom stereocenters. The molecule has 1 aromatic rings. The first-order valence-electron chi connectivity index (χ1n) is 5.77. The van der Waals surface area contributed by atoms with Gasteiger partial charge in [0.1, 0.15) is 0 Å². The van der Waals surface area contributed by atoms with Crippen molar-refractivity contribution < 1.29 is 0 Å². The summed E-state index contributed by atoms with van der Waals surface area (Å²) >= 11 is 1.78. The summed E-state index contributed by atoms with van der Waals surface area (Å²) in [6, 6.07) is 2.23. The summed E-state index contributed by atoms with van der Waals surface area (Å²) in [7, 11) is 0. The van der Waals surface area contributed by atoms with Crippen LogP contribution in [0.3, 0.4) is 0 Å². The van der Waals surface area contributed by atoms with E-state index in [1.807, 2.05) is 0 Å². The van der Waals surface area contributed by atoms with Crippen molar-refractivity contribution in [3.05, 3.63) is 52.3 Å². The van der Waals surface area contributed by atoms with Gasteiger partial charge in [0.15, 0.2) is 0 Å². The normalized spacial score (nSPS) is 12.3. The molecule has 0 radical (unpaired) electrons. The van der Waals surface area contributed by atoms with Crippen molar-refractivity contribution in [3.63, 3.8) is 0 Å². The van der Waals surface area contributed by atoms with Crippen molar-refractivity contribution in [1.82, 2.24) is 0 Å². The van der Waals surface area contributed by atoms with Crippen molar-refractivity contribution >= 4 is 16.9 Å². The van der Waals surface area contributed by atoms with Crippen LogP contribution in [0, 0.1) is 0 Å². The van der Waals surface area contributed by atoms with Crippen molar-refractivity contribution in [3.8, 4) is 0 Å². The van der Waals surface area contributed by atoms with Gasteiger partial charge in [-0.15, -0.1) is 11.3 Å². The predicted octanol–water partition coefficient (Wildman–Crippen LogP) is 5.24. The molecule has 0 aromatic carbocycles. The Hall–Kier alpha value is -1.08. The fourth-order valence-corrected chi connectivity index (χ4v) is 2.21. The molecule has 0 aliphatic heterocycles. The summed E-state index contributed by atoms with van der Waals surface area (Å²) in [5.41, 5.74) is 3.89. The summed E-state index contributed by atoms with van der Waals surface area (Å²) in [6.45, 7) is 10.6. The van der Waals surface area contributed by atoms with Gasteiger partial charge in [0.05, 0.1) is 0 Å². The fraction of sp³-hybridized carbons (Fsp3) is 0.333.